The molecule has 2 atom stereocenters. The number of benzene rings is 1. The van der Waals surface area contributed by atoms with Crippen molar-refractivity contribution in [3.8, 4) is 0 Å². The summed E-state index contributed by atoms with van der Waals surface area (Å²) in [5.74, 6) is -0.365. The molecular formula is C16H21N3O5S. The van der Waals surface area contributed by atoms with Crippen molar-refractivity contribution < 1.29 is 17.6 Å². The van der Waals surface area contributed by atoms with Gasteiger partial charge in [0.25, 0.3) is 0 Å². The molecule has 0 unspecified atom stereocenters. The predicted molar refractivity (Wildman–Crippen MR) is 90.9 cm³/mol. The molecule has 0 radical (unpaired) electrons. The lowest BCUT2D eigenvalue weighted by molar-refractivity contribution is 0.0659. The van der Waals surface area contributed by atoms with E-state index in [4.69, 9.17) is 9.15 Å². The van der Waals surface area contributed by atoms with Gasteiger partial charge in [0.15, 0.2) is 5.58 Å². The van der Waals surface area contributed by atoms with Gasteiger partial charge in [0.05, 0.1) is 29.7 Å². The van der Waals surface area contributed by atoms with Crippen LogP contribution in [0.5, 0.6) is 0 Å². The molecule has 1 aromatic heterocycles. The van der Waals surface area contributed by atoms with E-state index in [9.17, 15) is 13.2 Å². The Morgan fingerprint density at radius 3 is 2.72 bits per heavy atom. The molecular weight excluding hydrogens is 346 g/mol. The molecule has 2 fully saturated rings. The Hall–Kier alpha value is -1.68. The fourth-order valence-electron chi connectivity index (χ4n) is 3.74. The van der Waals surface area contributed by atoms with Crippen LogP contribution >= 0.6 is 0 Å². The lowest BCUT2D eigenvalue weighted by Crippen LogP contribution is -2.45. The van der Waals surface area contributed by atoms with Crippen LogP contribution in [0.25, 0.3) is 11.1 Å². The van der Waals surface area contributed by atoms with Gasteiger partial charge in [-0.1, -0.05) is 0 Å². The normalized spacial score (nSPS) is 26.0. The number of hydrogen-bond donors (Lipinski definition) is 0. The Balaban J connectivity index is 1.77. The molecule has 2 saturated heterocycles. The van der Waals surface area contributed by atoms with Crippen LogP contribution in [0.2, 0.25) is 0 Å². The molecule has 25 heavy (non-hydrogen) atoms. The molecule has 2 aliphatic rings. The number of aryl methyl sites for hydroxylation is 1. The first-order chi connectivity index (χ1) is 11.9. The van der Waals surface area contributed by atoms with Crippen molar-refractivity contribution in [3.05, 3.63) is 28.7 Å². The van der Waals surface area contributed by atoms with Gasteiger partial charge in [0.2, 0.25) is 10.0 Å². The van der Waals surface area contributed by atoms with Crippen LogP contribution in [0, 0.1) is 5.92 Å². The van der Waals surface area contributed by atoms with Crippen LogP contribution in [-0.4, -0.2) is 68.1 Å². The minimum atomic E-state index is -3.70. The molecule has 136 valence electrons. The summed E-state index contributed by atoms with van der Waals surface area (Å²) in [6.45, 7) is 2.85. The minimum Gasteiger partial charge on any atom is -0.408 e. The maximum atomic E-state index is 13.2. The summed E-state index contributed by atoms with van der Waals surface area (Å²) >= 11 is 0. The third kappa shape index (κ3) is 2.80. The molecule has 2 bridgehead atoms. The smallest absolute Gasteiger partial charge is 0.408 e. The molecule has 0 N–H and O–H groups in total. The summed E-state index contributed by atoms with van der Waals surface area (Å²) in [6, 6.07) is 4.36. The molecule has 1 aromatic carbocycles. The number of hydrogen-bond acceptors (Lipinski definition) is 6. The second kappa shape index (κ2) is 5.94. The Labute approximate surface area is 145 Å². The number of sulfonamides is 1. The molecule has 4 rings (SSSR count). The van der Waals surface area contributed by atoms with Crippen LogP contribution in [0.3, 0.4) is 0 Å². The third-order valence-electron chi connectivity index (χ3n) is 4.97. The van der Waals surface area contributed by atoms with E-state index < -0.39 is 15.8 Å². The van der Waals surface area contributed by atoms with Gasteiger partial charge in [0.1, 0.15) is 0 Å². The van der Waals surface area contributed by atoms with Gasteiger partial charge in [-0.25, -0.2) is 13.2 Å². The zero-order valence-electron chi connectivity index (χ0n) is 14.2. The molecule has 8 nitrogen and oxygen atoms in total. The molecule has 0 saturated carbocycles. The van der Waals surface area contributed by atoms with E-state index in [2.05, 4.69) is 4.90 Å². The number of oxazole rings is 1. The van der Waals surface area contributed by atoms with Gasteiger partial charge in [-0.15, -0.1) is 0 Å². The second-order valence-corrected chi connectivity index (χ2v) is 8.80. The number of likely N-dealkylation sites (N-methyl/N-ethyl adjacent to an activating group) is 1. The van der Waals surface area contributed by atoms with Crippen LogP contribution in [0.15, 0.2) is 32.3 Å². The number of ether oxygens (including phenoxy) is 1. The second-order valence-electron chi connectivity index (χ2n) is 6.91. The standard InChI is InChI=1S/C16H21N3O5S/c1-17-6-11-7-19(12(8-17)10-23-9-11)25(21,22)13-3-4-14-15(5-13)24-16(20)18(14)2/h3-5,11-12H,6-10H2,1-2H3/t11-,12-/m0/s1. The van der Waals surface area contributed by atoms with Gasteiger partial charge < -0.3 is 14.1 Å². The van der Waals surface area contributed by atoms with Crippen molar-refractivity contribution in [2.75, 3.05) is 39.9 Å². The summed E-state index contributed by atoms with van der Waals surface area (Å²) in [4.78, 5) is 13.9. The van der Waals surface area contributed by atoms with Gasteiger partial charge in [-0.2, -0.15) is 4.31 Å². The van der Waals surface area contributed by atoms with Crippen molar-refractivity contribution in [1.82, 2.24) is 13.8 Å². The monoisotopic (exact) mass is 367 g/mol. The highest BCUT2D eigenvalue weighted by Crippen LogP contribution is 2.27. The largest absolute Gasteiger partial charge is 0.419 e. The zero-order valence-corrected chi connectivity index (χ0v) is 15.0. The maximum Gasteiger partial charge on any atom is 0.419 e. The summed E-state index contributed by atoms with van der Waals surface area (Å²) in [6.07, 6.45) is 0. The topological polar surface area (TPSA) is 85.0 Å². The molecule has 0 spiro atoms. The lowest BCUT2D eigenvalue weighted by atomic mass is 10.1. The lowest BCUT2D eigenvalue weighted by Gasteiger charge is -2.28. The predicted octanol–water partition coefficient (Wildman–Crippen LogP) is 0.0826. The molecule has 9 heteroatoms. The Morgan fingerprint density at radius 1 is 1.12 bits per heavy atom. The quantitative estimate of drug-likeness (QED) is 0.748. The Morgan fingerprint density at radius 2 is 1.92 bits per heavy atom. The van der Waals surface area contributed by atoms with Crippen LogP contribution in [0.4, 0.5) is 0 Å². The first-order valence-electron chi connectivity index (χ1n) is 8.24. The highest BCUT2D eigenvalue weighted by atomic mass is 32.2. The average Bonchev–Trinajstić information content (AvgIpc) is 2.71. The van der Waals surface area contributed by atoms with E-state index in [0.29, 0.717) is 31.8 Å². The summed E-state index contributed by atoms with van der Waals surface area (Å²) in [7, 11) is -0.106. The van der Waals surface area contributed by atoms with Crippen LogP contribution in [0.1, 0.15) is 0 Å². The SMILES string of the molecule is CN1C[C@@H]2COC[C@H](C1)N(S(=O)(=O)c1ccc3c(c1)oc(=O)n3C)C2. The van der Waals surface area contributed by atoms with Gasteiger partial charge in [0, 0.05) is 38.7 Å². The van der Waals surface area contributed by atoms with Crippen molar-refractivity contribution in [1.29, 1.82) is 0 Å². The molecule has 3 heterocycles. The average molecular weight is 367 g/mol. The highest BCUT2D eigenvalue weighted by Gasteiger charge is 2.39. The van der Waals surface area contributed by atoms with E-state index in [-0.39, 0.29) is 22.4 Å². The van der Waals surface area contributed by atoms with Crippen molar-refractivity contribution >= 4 is 21.1 Å². The van der Waals surface area contributed by atoms with Gasteiger partial charge in [-0.3, -0.25) is 4.57 Å². The Bertz CT molecular complexity index is 964. The molecule has 0 amide bonds. The van der Waals surface area contributed by atoms with Crippen molar-refractivity contribution in [2.45, 2.75) is 10.9 Å². The van der Waals surface area contributed by atoms with Gasteiger partial charge >= 0.3 is 5.76 Å². The first-order valence-corrected chi connectivity index (χ1v) is 9.68. The van der Waals surface area contributed by atoms with Crippen LogP contribution < -0.4 is 5.76 Å². The van der Waals surface area contributed by atoms with Gasteiger partial charge in [-0.05, 0) is 19.2 Å². The highest BCUT2D eigenvalue weighted by molar-refractivity contribution is 7.89. The fraction of sp³-hybridized carbons (Fsp3) is 0.562. The van der Waals surface area contributed by atoms with Crippen molar-refractivity contribution in [2.24, 2.45) is 13.0 Å². The summed E-state index contributed by atoms with van der Waals surface area (Å²) in [5, 5.41) is 0. The fourth-order valence-corrected chi connectivity index (χ4v) is 5.44. The summed E-state index contributed by atoms with van der Waals surface area (Å²) in [5.41, 5.74) is 0.848. The molecule has 2 aliphatic heterocycles. The van der Waals surface area contributed by atoms with E-state index in [1.807, 2.05) is 7.05 Å². The minimum absolute atomic E-state index is 0.143. The molecule has 0 aliphatic carbocycles. The van der Waals surface area contributed by atoms with E-state index in [1.165, 1.54) is 16.7 Å². The van der Waals surface area contributed by atoms with E-state index in [1.54, 1.807) is 17.4 Å². The van der Waals surface area contributed by atoms with Crippen molar-refractivity contribution in [3.63, 3.8) is 0 Å². The van der Waals surface area contributed by atoms with Crippen LogP contribution in [-0.2, 0) is 21.8 Å². The number of rotatable bonds is 2. The van der Waals surface area contributed by atoms with E-state index >= 15 is 0 Å². The van der Waals surface area contributed by atoms with E-state index in [0.717, 1.165) is 6.54 Å². The Kier molecular flexibility index (Phi) is 3.99. The number of fused-ring (bicyclic) bond motifs is 4. The zero-order chi connectivity index (χ0) is 17.8. The summed E-state index contributed by atoms with van der Waals surface area (Å²) < 4.78 is 40.2. The number of aromatic nitrogens is 1. The number of nitrogens with zero attached hydrogens (tertiary/aromatic N) is 3. The molecule has 2 aromatic rings. The first kappa shape index (κ1) is 16.8. The maximum absolute atomic E-state index is 13.2. The third-order valence-corrected chi connectivity index (χ3v) is 6.89.